The number of hydrogen-bond acceptors (Lipinski definition) is 1. The summed E-state index contributed by atoms with van der Waals surface area (Å²) < 4.78 is 0. The number of hydrogen-bond donors (Lipinski definition) is 1. The highest BCUT2D eigenvalue weighted by atomic mass is 16.3. The molecule has 0 aromatic heterocycles. The van der Waals surface area contributed by atoms with Crippen LogP contribution in [0.3, 0.4) is 0 Å². The van der Waals surface area contributed by atoms with E-state index in [2.05, 4.69) is 50.2 Å². The first-order valence-electron chi connectivity index (χ1n) is 7.15. The maximum Gasteiger partial charge on any atom is 0.0540 e. The molecule has 98 valence electrons. The quantitative estimate of drug-likeness (QED) is 0.878. The molecule has 0 heterocycles. The number of aryl methyl sites for hydroxylation is 2. The fourth-order valence-electron chi connectivity index (χ4n) is 3.10. The van der Waals surface area contributed by atoms with Crippen molar-refractivity contribution >= 4 is 0 Å². The molecule has 19 heavy (non-hydrogen) atoms. The molecule has 0 atom stereocenters. The van der Waals surface area contributed by atoms with Crippen LogP contribution in [0.25, 0.3) is 11.1 Å². The zero-order chi connectivity index (χ0) is 13.4. The van der Waals surface area contributed by atoms with Crippen molar-refractivity contribution in [1.29, 1.82) is 0 Å². The van der Waals surface area contributed by atoms with E-state index in [1.165, 1.54) is 33.4 Å². The van der Waals surface area contributed by atoms with E-state index in [4.69, 9.17) is 0 Å². The van der Waals surface area contributed by atoms with Gasteiger partial charge in [-0.3, -0.25) is 0 Å². The van der Waals surface area contributed by atoms with Crippen molar-refractivity contribution in [3.05, 3.63) is 58.7 Å². The standard InChI is InChI=1S/C18H20O/c1-3-12-5-7-14-15-8-6-13(4-2)10-17(15)18(11-19)16(14)9-12/h5-10,18-19H,3-4,11H2,1-2H3. The predicted molar refractivity (Wildman–Crippen MR) is 79.6 cm³/mol. The third-order valence-electron chi connectivity index (χ3n) is 4.27. The highest BCUT2D eigenvalue weighted by Gasteiger charge is 2.28. The van der Waals surface area contributed by atoms with Gasteiger partial charge in [-0.1, -0.05) is 50.2 Å². The van der Waals surface area contributed by atoms with Gasteiger partial charge in [-0.15, -0.1) is 0 Å². The molecule has 1 aliphatic carbocycles. The number of aliphatic hydroxyl groups is 1. The lowest BCUT2D eigenvalue weighted by Crippen LogP contribution is -2.02. The third-order valence-corrected chi connectivity index (χ3v) is 4.27. The zero-order valence-electron chi connectivity index (χ0n) is 11.6. The van der Waals surface area contributed by atoms with E-state index >= 15 is 0 Å². The molecule has 0 bridgehead atoms. The average molecular weight is 252 g/mol. The Morgan fingerprint density at radius 2 is 1.32 bits per heavy atom. The Morgan fingerprint density at radius 3 is 1.68 bits per heavy atom. The van der Waals surface area contributed by atoms with Gasteiger partial charge in [0, 0.05) is 5.92 Å². The molecule has 0 spiro atoms. The fraction of sp³-hybridized carbons (Fsp3) is 0.333. The molecule has 0 saturated heterocycles. The normalized spacial score (nSPS) is 13.4. The van der Waals surface area contributed by atoms with Crippen molar-refractivity contribution in [2.24, 2.45) is 0 Å². The van der Waals surface area contributed by atoms with Crippen molar-refractivity contribution in [2.45, 2.75) is 32.6 Å². The third kappa shape index (κ3) is 1.89. The molecule has 1 heteroatoms. The van der Waals surface area contributed by atoms with Gasteiger partial charge in [0.25, 0.3) is 0 Å². The number of benzene rings is 2. The van der Waals surface area contributed by atoms with Crippen LogP contribution in [-0.4, -0.2) is 11.7 Å². The highest BCUT2D eigenvalue weighted by molar-refractivity contribution is 5.79. The monoisotopic (exact) mass is 252 g/mol. The summed E-state index contributed by atoms with van der Waals surface area (Å²) in [6.07, 6.45) is 2.09. The molecule has 2 aromatic rings. The summed E-state index contributed by atoms with van der Waals surface area (Å²) in [5.41, 5.74) is 7.89. The van der Waals surface area contributed by atoms with Crippen molar-refractivity contribution in [3.63, 3.8) is 0 Å². The van der Waals surface area contributed by atoms with Crippen LogP contribution in [0.4, 0.5) is 0 Å². The van der Waals surface area contributed by atoms with Crippen LogP contribution >= 0.6 is 0 Å². The molecule has 1 nitrogen and oxygen atoms in total. The zero-order valence-corrected chi connectivity index (χ0v) is 11.6. The minimum Gasteiger partial charge on any atom is -0.395 e. The van der Waals surface area contributed by atoms with Gasteiger partial charge in [-0.05, 0) is 46.2 Å². The van der Waals surface area contributed by atoms with Gasteiger partial charge in [0.2, 0.25) is 0 Å². The predicted octanol–water partition coefficient (Wildman–Crippen LogP) is 3.92. The van der Waals surface area contributed by atoms with Crippen LogP contribution in [0, 0.1) is 0 Å². The molecular formula is C18H20O. The SMILES string of the molecule is CCc1ccc2c(c1)C(CO)c1cc(CC)ccc1-2. The second kappa shape index (κ2) is 4.82. The van der Waals surface area contributed by atoms with Gasteiger partial charge in [-0.25, -0.2) is 0 Å². The number of aliphatic hydroxyl groups excluding tert-OH is 1. The van der Waals surface area contributed by atoms with Gasteiger partial charge in [0.1, 0.15) is 0 Å². The number of rotatable bonds is 3. The van der Waals surface area contributed by atoms with Crippen LogP contribution < -0.4 is 0 Å². The van der Waals surface area contributed by atoms with Gasteiger partial charge < -0.3 is 5.11 Å². The Morgan fingerprint density at radius 1 is 0.842 bits per heavy atom. The van der Waals surface area contributed by atoms with E-state index in [1.807, 2.05) is 0 Å². The van der Waals surface area contributed by atoms with Gasteiger partial charge >= 0.3 is 0 Å². The Balaban J connectivity index is 2.19. The molecule has 0 amide bonds. The highest BCUT2D eigenvalue weighted by Crippen LogP contribution is 2.45. The average Bonchev–Trinajstić information content (AvgIpc) is 2.78. The summed E-state index contributed by atoms with van der Waals surface area (Å²) in [7, 11) is 0. The smallest absolute Gasteiger partial charge is 0.0540 e. The molecule has 0 radical (unpaired) electrons. The van der Waals surface area contributed by atoms with E-state index in [1.54, 1.807) is 0 Å². The summed E-state index contributed by atoms with van der Waals surface area (Å²) in [5.74, 6) is 0.156. The molecule has 0 unspecified atom stereocenters. The maximum absolute atomic E-state index is 9.79. The van der Waals surface area contributed by atoms with Crippen molar-refractivity contribution in [2.75, 3.05) is 6.61 Å². The van der Waals surface area contributed by atoms with Crippen LogP contribution in [-0.2, 0) is 12.8 Å². The summed E-state index contributed by atoms with van der Waals surface area (Å²) >= 11 is 0. The maximum atomic E-state index is 9.79. The van der Waals surface area contributed by atoms with Crippen LogP contribution in [0.5, 0.6) is 0 Å². The molecular weight excluding hydrogens is 232 g/mol. The topological polar surface area (TPSA) is 20.2 Å². The first-order valence-corrected chi connectivity index (χ1v) is 7.15. The molecule has 1 N–H and O–H groups in total. The lowest BCUT2D eigenvalue weighted by Gasteiger charge is -2.11. The molecule has 2 aromatic carbocycles. The summed E-state index contributed by atoms with van der Waals surface area (Å²) in [4.78, 5) is 0. The molecule has 3 rings (SSSR count). The Labute approximate surface area is 114 Å². The lowest BCUT2D eigenvalue weighted by molar-refractivity contribution is 0.282. The van der Waals surface area contributed by atoms with E-state index in [0.29, 0.717) is 0 Å². The van der Waals surface area contributed by atoms with E-state index in [9.17, 15) is 5.11 Å². The van der Waals surface area contributed by atoms with Crippen molar-refractivity contribution in [3.8, 4) is 11.1 Å². The van der Waals surface area contributed by atoms with Crippen LogP contribution in [0.15, 0.2) is 36.4 Å². The van der Waals surface area contributed by atoms with Crippen LogP contribution in [0.2, 0.25) is 0 Å². The summed E-state index contributed by atoms with van der Waals surface area (Å²) in [6, 6.07) is 13.4. The summed E-state index contributed by atoms with van der Waals surface area (Å²) in [6.45, 7) is 4.54. The van der Waals surface area contributed by atoms with Crippen LogP contribution in [0.1, 0.15) is 42.0 Å². The Hall–Kier alpha value is -1.60. The largest absolute Gasteiger partial charge is 0.395 e. The molecule has 0 aliphatic heterocycles. The van der Waals surface area contributed by atoms with Gasteiger partial charge in [-0.2, -0.15) is 0 Å². The first kappa shape index (κ1) is 12.4. The molecule has 0 fully saturated rings. The Kier molecular flexibility index (Phi) is 3.16. The second-order valence-corrected chi connectivity index (χ2v) is 5.29. The fourth-order valence-corrected chi connectivity index (χ4v) is 3.10. The number of fused-ring (bicyclic) bond motifs is 3. The first-order chi connectivity index (χ1) is 9.28. The van der Waals surface area contributed by atoms with Crippen molar-refractivity contribution in [1.82, 2.24) is 0 Å². The molecule has 0 saturated carbocycles. The van der Waals surface area contributed by atoms with Crippen molar-refractivity contribution < 1.29 is 5.11 Å². The van der Waals surface area contributed by atoms with E-state index in [-0.39, 0.29) is 12.5 Å². The minimum atomic E-state index is 0.156. The molecule has 1 aliphatic rings. The van der Waals surface area contributed by atoms with Gasteiger partial charge in [0.05, 0.1) is 6.61 Å². The minimum absolute atomic E-state index is 0.156. The summed E-state index contributed by atoms with van der Waals surface area (Å²) in [5, 5.41) is 9.79. The van der Waals surface area contributed by atoms with E-state index in [0.717, 1.165) is 12.8 Å². The lowest BCUT2D eigenvalue weighted by atomic mass is 9.95. The second-order valence-electron chi connectivity index (χ2n) is 5.29. The van der Waals surface area contributed by atoms with E-state index < -0.39 is 0 Å². The Bertz CT molecular complexity index is 560. The van der Waals surface area contributed by atoms with Gasteiger partial charge in [0.15, 0.2) is 0 Å².